The second-order valence-electron chi connectivity index (χ2n) is 7.58. The number of aryl methyl sites for hydroxylation is 1. The van der Waals surface area contributed by atoms with Crippen molar-refractivity contribution >= 4 is 34.5 Å². The zero-order valence-corrected chi connectivity index (χ0v) is 16.4. The maximum atomic E-state index is 13.1. The van der Waals surface area contributed by atoms with Gasteiger partial charge in [0.05, 0.1) is 11.1 Å². The largest absolute Gasteiger partial charge is 0.441 e. The summed E-state index contributed by atoms with van der Waals surface area (Å²) < 4.78 is 5.45. The first-order valence-corrected chi connectivity index (χ1v) is 9.50. The van der Waals surface area contributed by atoms with Gasteiger partial charge in [-0.3, -0.25) is 19.3 Å². The maximum Gasteiger partial charge on any atom is 0.262 e. The van der Waals surface area contributed by atoms with Gasteiger partial charge in [0, 0.05) is 12.6 Å². The SMILES string of the molecule is Cc1nc2cc(NC(=O)C(CC(C)C)N3C(=O)c4ccccc4C3=O)ccc2o1. The molecule has 29 heavy (non-hydrogen) atoms. The standard InChI is InChI=1S/C22H21N3O4/c1-12(2)10-18(25-21(27)15-6-4-5-7-16(15)22(25)28)20(26)24-14-8-9-19-17(11-14)23-13(3)29-19/h4-9,11-12,18H,10H2,1-3H3,(H,24,26). The summed E-state index contributed by atoms with van der Waals surface area (Å²) >= 11 is 0. The number of amides is 3. The number of carbonyl (C=O) groups excluding carboxylic acids is 3. The number of hydrogen-bond acceptors (Lipinski definition) is 5. The second-order valence-corrected chi connectivity index (χ2v) is 7.58. The van der Waals surface area contributed by atoms with Crippen LogP contribution in [0.15, 0.2) is 46.9 Å². The van der Waals surface area contributed by atoms with Crippen LogP contribution in [0.2, 0.25) is 0 Å². The van der Waals surface area contributed by atoms with Crippen molar-refractivity contribution in [2.75, 3.05) is 5.32 Å². The predicted molar refractivity (Wildman–Crippen MR) is 108 cm³/mol. The molecule has 1 aromatic heterocycles. The molecule has 0 aliphatic carbocycles. The van der Waals surface area contributed by atoms with E-state index in [2.05, 4.69) is 10.3 Å². The van der Waals surface area contributed by atoms with Crippen LogP contribution in [-0.2, 0) is 4.79 Å². The topological polar surface area (TPSA) is 92.5 Å². The number of benzene rings is 2. The minimum Gasteiger partial charge on any atom is -0.441 e. The molecule has 7 nitrogen and oxygen atoms in total. The molecule has 1 aliphatic rings. The average molecular weight is 391 g/mol. The molecule has 1 atom stereocenters. The van der Waals surface area contributed by atoms with E-state index in [1.807, 2.05) is 13.8 Å². The van der Waals surface area contributed by atoms with E-state index in [-0.39, 0.29) is 5.92 Å². The van der Waals surface area contributed by atoms with Gasteiger partial charge in [0.1, 0.15) is 11.6 Å². The van der Waals surface area contributed by atoms with Crippen molar-refractivity contribution in [3.05, 3.63) is 59.5 Å². The molecule has 3 amide bonds. The molecule has 0 spiro atoms. The third kappa shape index (κ3) is 3.40. The van der Waals surface area contributed by atoms with Crippen molar-refractivity contribution in [1.82, 2.24) is 9.88 Å². The number of hydrogen-bond donors (Lipinski definition) is 1. The van der Waals surface area contributed by atoms with E-state index in [0.717, 1.165) is 4.90 Å². The smallest absolute Gasteiger partial charge is 0.262 e. The Morgan fingerprint density at radius 2 is 1.76 bits per heavy atom. The van der Waals surface area contributed by atoms with E-state index in [0.29, 0.717) is 40.2 Å². The van der Waals surface area contributed by atoms with Gasteiger partial charge in [-0.25, -0.2) is 4.98 Å². The molecular formula is C22H21N3O4. The van der Waals surface area contributed by atoms with E-state index >= 15 is 0 Å². The minimum atomic E-state index is -0.905. The number of oxazole rings is 1. The zero-order valence-electron chi connectivity index (χ0n) is 16.4. The molecule has 148 valence electrons. The van der Waals surface area contributed by atoms with Crippen LogP contribution in [0.25, 0.3) is 11.1 Å². The Balaban J connectivity index is 1.63. The number of anilines is 1. The van der Waals surface area contributed by atoms with Crippen LogP contribution in [-0.4, -0.2) is 33.6 Å². The van der Waals surface area contributed by atoms with Crippen molar-refractivity contribution in [3.8, 4) is 0 Å². The Morgan fingerprint density at radius 3 is 2.38 bits per heavy atom. The number of imide groups is 1. The molecular weight excluding hydrogens is 370 g/mol. The van der Waals surface area contributed by atoms with Crippen molar-refractivity contribution in [3.63, 3.8) is 0 Å². The molecule has 0 saturated heterocycles. The van der Waals surface area contributed by atoms with Gasteiger partial charge in [0.2, 0.25) is 5.91 Å². The first-order chi connectivity index (χ1) is 13.8. The number of aromatic nitrogens is 1. The fourth-order valence-corrected chi connectivity index (χ4v) is 3.61. The fourth-order valence-electron chi connectivity index (χ4n) is 3.61. The monoisotopic (exact) mass is 391 g/mol. The Kier molecular flexibility index (Phi) is 4.66. The van der Waals surface area contributed by atoms with Gasteiger partial charge in [-0.05, 0) is 42.7 Å². The number of rotatable bonds is 5. The zero-order chi connectivity index (χ0) is 20.7. The maximum absolute atomic E-state index is 13.1. The first kappa shape index (κ1) is 18.9. The molecule has 2 aromatic carbocycles. The van der Waals surface area contributed by atoms with Gasteiger partial charge in [0.15, 0.2) is 11.5 Å². The van der Waals surface area contributed by atoms with Crippen LogP contribution in [0.3, 0.4) is 0 Å². The van der Waals surface area contributed by atoms with Gasteiger partial charge in [0.25, 0.3) is 11.8 Å². The third-order valence-corrected chi connectivity index (χ3v) is 4.90. The summed E-state index contributed by atoms with van der Waals surface area (Å²) in [4.78, 5) is 44.2. The Hall–Kier alpha value is -3.48. The molecule has 0 fully saturated rings. The van der Waals surface area contributed by atoms with Gasteiger partial charge in [-0.2, -0.15) is 0 Å². The molecule has 3 aromatic rings. The Bertz CT molecular complexity index is 1100. The lowest BCUT2D eigenvalue weighted by Gasteiger charge is -2.26. The molecule has 4 rings (SSSR count). The van der Waals surface area contributed by atoms with E-state index in [9.17, 15) is 14.4 Å². The lowest BCUT2D eigenvalue weighted by molar-refractivity contribution is -0.120. The number of carbonyl (C=O) groups is 3. The number of nitrogens with one attached hydrogen (secondary N) is 1. The molecule has 0 radical (unpaired) electrons. The molecule has 0 bridgehead atoms. The molecule has 2 heterocycles. The van der Waals surface area contributed by atoms with Crippen molar-refractivity contribution in [2.45, 2.75) is 33.2 Å². The highest BCUT2D eigenvalue weighted by molar-refractivity contribution is 6.23. The van der Waals surface area contributed by atoms with Gasteiger partial charge < -0.3 is 9.73 Å². The quantitative estimate of drug-likeness (QED) is 0.668. The van der Waals surface area contributed by atoms with Crippen LogP contribution in [0.5, 0.6) is 0 Å². The summed E-state index contributed by atoms with van der Waals surface area (Å²) in [6.45, 7) is 5.64. The Morgan fingerprint density at radius 1 is 1.10 bits per heavy atom. The number of fused-ring (bicyclic) bond motifs is 2. The predicted octanol–water partition coefficient (Wildman–Crippen LogP) is 3.79. The minimum absolute atomic E-state index is 0.107. The highest BCUT2D eigenvalue weighted by Gasteiger charge is 2.42. The second kappa shape index (κ2) is 7.16. The molecule has 0 saturated carbocycles. The average Bonchev–Trinajstić information content (AvgIpc) is 3.16. The summed E-state index contributed by atoms with van der Waals surface area (Å²) in [7, 11) is 0. The summed E-state index contributed by atoms with van der Waals surface area (Å²) in [5.41, 5.74) is 2.44. The van der Waals surface area contributed by atoms with Gasteiger partial charge >= 0.3 is 0 Å². The third-order valence-electron chi connectivity index (χ3n) is 4.90. The van der Waals surface area contributed by atoms with Crippen molar-refractivity contribution in [2.24, 2.45) is 5.92 Å². The summed E-state index contributed by atoms with van der Waals surface area (Å²) in [6, 6.07) is 10.9. The van der Waals surface area contributed by atoms with Crippen LogP contribution in [0.1, 0.15) is 46.9 Å². The highest BCUT2D eigenvalue weighted by Crippen LogP contribution is 2.28. The van der Waals surface area contributed by atoms with Crippen molar-refractivity contribution < 1.29 is 18.8 Å². The van der Waals surface area contributed by atoms with E-state index < -0.39 is 23.8 Å². The first-order valence-electron chi connectivity index (χ1n) is 9.50. The van der Waals surface area contributed by atoms with Crippen LogP contribution in [0.4, 0.5) is 5.69 Å². The normalized spacial score (nSPS) is 14.6. The summed E-state index contributed by atoms with van der Waals surface area (Å²) in [5.74, 6) is -0.640. The molecule has 7 heteroatoms. The van der Waals surface area contributed by atoms with Crippen molar-refractivity contribution in [1.29, 1.82) is 0 Å². The van der Waals surface area contributed by atoms with E-state index in [1.54, 1.807) is 49.4 Å². The van der Waals surface area contributed by atoms with E-state index in [4.69, 9.17) is 4.42 Å². The van der Waals surface area contributed by atoms with E-state index in [1.165, 1.54) is 0 Å². The molecule has 1 aliphatic heterocycles. The van der Waals surface area contributed by atoms with Crippen LogP contribution < -0.4 is 5.32 Å². The fraction of sp³-hybridized carbons (Fsp3) is 0.273. The highest BCUT2D eigenvalue weighted by atomic mass is 16.3. The van der Waals surface area contributed by atoms with Gasteiger partial charge in [-0.1, -0.05) is 26.0 Å². The lowest BCUT2D eigenvalue weighted by Crippen LogP contribution is -2.47. The molecule has 1 N–H and O–H groups in total. The number of nitrogens with zero attached hydrogens (tertiary/aromatic N) is 2. The summed E-state index contributed by atoms with van der Waals surface area (Å²) in [6.07, 6.45) is 0.364. The van der Waals surface area contributed by atoms with Crippen LogP contribution in [0, 0.1) is 12.8 Å². The van der Waals surface area contributed by atoms with Crippen LogP contribution >= 0.6 is 0 Å². The molecule has 1 unspecified atom stereocenters. The summed E-state index contributed by atoms with van der Waals surface area (Å²) in [5, 5.41) is 2.83. The Labute approximate surface area is 167 Å². The lowest BCUT2D eigenvalue weighted by atomic mass is 10.0. The van der Waals surface area contributed by atoms with Gasteiger partial charge in [-0.15, -0.1) is 0 Å².